The second-order valence-electron chi connectivity index (χ2n) is 2.92. The lowest BCUT2D eigenvalue weighted by molar-refractivity contribution is 0.112. The molecule has 0 spiro atoms. The molecule has 0 saturated heterocycles. The van der Waals surface area contributed by atoms with Gasteiger partial charge in [-0.2, -0.15) is 10.4 Å². The number of aldehydes is 1. The fourth-order valence-corrected chi connectivity index (χ4v) is 1.36. The minimum absolute atomic E-state index is 0.407. The third kappa shape index (κ3) is 1.51. The van der Waals surface area contributed by atoms with Gasteiger partial charge in [-0.15, -0.1) is 0 Å². The zero-order valence-electron chi connectivity index (χ0n) is 7.79. The molecule has 0 N–H and O–H groups in total. The molecule has 0 fully saturated rings. The molecule has 0 saturated carbocycles. The van der Waals surface area contributed by atoms with Gasteiger partial charge in [-0.05, 0) is 18.2 Å². The standard InChI is InChI=1S/C11H7N3O/c12-7-10-5-6-13-14(10)11-4-2-1-3-9(11)8-15/h1-6,8H. The van der Waals surface area contributed by atoms with Gasteiger partial charge in [-0.25, -0.2) is 4.68 Å². The van der Waals surface area contributed by atoms with Crippen LogP contribution >= 0.6 is 0 Å². The first-order valence-electron chi connectivity index (χ1n) is 4.35. The van der Waals surface area contributed by atoms with Crippen LogP contribution in [0.1, 0.15) is 16.1 Å². The van der Waals surface area contributed by atoms with Crippen molar-refractivity contribution < 1.29 is 4.79 Å². The van der Waals surface area contributed by atoms with Crippen LogP contribution in [0.2, 0.25) is 0 Å². The van der Waals surface area contributed by atoms with Gasteiger partial charge in [0.2, 0.25) is 0 Å². The van der Waals surface area contributed by atoms with Crippen molar-refractivity contribution >= 4 is 6.29 Å². The van der Waals surface area contributed by atoms with Crippen molar-refractivity contribution in [1.82, 2.24) is 9.78 Å². The molecule has 15 heavy (non-hydrogen) atoms. The third-order valence-electron chi connectivity index (χ3n) is 2.05. The molecule has 0 amide bonds. The number of carbonyl (C=O) groups is 1. The Hall–Kier alpha value is -2.41. The second kappa shape index (κ2) is 3.76. The van der Waals surface area contributed by atoms with Crippen LogP contribution in [0.3, 0.4) is 0 Å². The number of benzene rings is 1. The Morgan fingerprint density at radius 1 is 1.33 bits per heavy atom. The lowest BCUT2D eigenvalue weighted by Crippen LogP contribution is -2.02. The summed E-state index contributed by atoms with van der Waals surface area (Å²) in [6.45, 7) is 0. The predicted octanol–water partition coefficient (Wildman–Crippen LogP) is 1.56. The van der Waals surface area contributed by atoms with Crippen molar-refractivity contribution in [3.05, 3.63) is 47.8 Å². The highest BCUT2D eigenvalue weighted by molar-refractivity contribution is 5.80. The Bertz CT molecular complexity index is 537. The smallest absolute Gasteiger partial charge is 0.152 e. The van der Waals surface area contributed by atoms with Crippen LogP contribution in [-0.2, 0) is 0 Å². The molecule has 0 aliphatic rings. The van der Waals surface area contributed by atoms with E-state index in [0.717, 1.165) is 6.29 Å². The Labute approximate surface area is 86.4 Å². The number of para-hydroxylation sites is 1. The van der Waals surface area contributed by atoms with Gasteiger partial charge in [0, 0.05) is 5.56 Å². The zero-order chi connectivity index (χ0) is 10.7. The van der Waals surface area contributed by atoms with Crippen LogP contribution in [0.4, 0.5) is 0 Å². The van der Waals surface area contributed by atoms with Gasteiger partial charge >= 0.3 is 0 Å². The van der Waals surface area contributed by atoms with Gasteiger partial charge in [0.1, 0.15) is 11.8 Å². The lowest BCUT2D eigenvalue weighted by Gasteiger charge is -2.04. The first-order chi connectivity index (χ1) is 7.36. The first-order valence-corrected chi connectivity index (χ1v) is 4.35. The Kier molecular flexibility index (Phi) is 2.30. The minimum Gasteiger partial charge on any atom is -0.298 e. The summed E-state index contributed by atoms with van der Waals surface area (Å²) < 4.78 is 1.45. The molecule has 2 rings (SSSR count). The van der Waals surface area contributed by atoms with E-state index < -0.39 is 0 Å². The average molecular weight is 197 g/mol. The first kappa shape index (κ1) is 9.16. The van der Waals surface area contributed by atoms with Gasteiger partial charge in [0.15, 0.2) is 6.29 Å². The summed E-state index contributed by atoms with van der Waals surface area (Å²) in [7, 11) is 0. The van der Waals surface area contributed by atoms with Gasteiger partial charge < -0.3 is 0 Å². The molecule has 0 aliphatic heterocycles. The fraction of sp³-hybridized carbons (Fsp3) is 0. The van der Waals surface area contributed by atoms with Crippen LogP contribution in [0.5, 0.6) is 0 Å². The van der Waals surface area contributed by atoms with Crippen molar-refractivity contribution in [3.63, 3.8) is 0 Å². The highest BCUT2D eigenvalue weighted by Crippen LogP contribution is 2.13. The van der Waals surface area contributed by atoms with Crippen molar-refractivity contribution in [2.24, 2.45) is 0 Å². The summed E-state index contributed by atoms with van der Waals surface area (Å²) in [5.41, 5.74) is 1.54. The monoisotopic (exact) mass is 197 g/mol. The molecule has 1 heterocycles. The summed E-state index contributed by atoms with van der Waals surface area (Å²) in [4.78, 5) is 10.8. The number of hydrogen-bond acceptors (Lipinski definition) is 3. The number of carbonyl (C=O) groups excluding carboxylic acids is 1. The summed E-state index contributed by atoms with van der Waals surface area (Å²) in [5.74, 6) is 0. The van der Waals surface area contributed by atoms with E-state index in [-0.39, 0.29) is 0 Å². The second-order valence-corrected chi connectivity index (χ2v) is 2.92. The van der Waals surface area contributed by atoms with Crippen LogP contribution in [0.15, 0.2) is 36.5 Å². The maximum Gasteiger partial charge on any atom is 0.152 e. The maximum atomic E-state index is 10.8. The fourth-order valence-electron chi connectivity index (χ4n) is 1.36. The van der Waals surface area contributed by atoms with Crippen LogP contribution in [0.25, 0.3) is 5.69 Å². The van der Waals surface area contributed by atoms with E-state index in [0.29, 0.717) is 16.9 Å². The summed E-state index contributed by atoms with van der Waals surface area (Å²) in [6.07, 6.45) is 2.28. The van der Waals surface area contributed by atoms with E-state index in [1.807, 2.05) is 6.07 Å². The Balaban J connectivity index is 2.64. The Morgan fingerprint density at radius 3 is 2.87 bits per heavy atom. The number of nitrogens with zero attached hydrogens (tertiary/aromatic N) is 3. The van der Waals surface area contributed by atoms with Crippen molar-refractivity contribution in [3.8, 4) is 11.8 Å². The van der Waals surface area contributed by atoms with Gasteiger partial charge in [0.05, 0.1) is 11.9 Å². The summed E-state index contributed by atoms with van der Waals surface area (Å²) in [5, 5.41) is 12.8. The van der Waals surface area contributed by atoms with Crippen molar-refractivity contribution in [2.45, 2.75) is 0 Å². The molecule has 0 aliphatic carbocycles. The predicted molar refractivity (Wildman–Crippen MR) is 53.7 cm³/mol. The SMILES string of the molecule is N#Cc1ccnn1-c1ccccc1C=O. The third-order valence-corrected chi connectivity index (χ3v) is 2.05. The van der Waals surface area contributed by atoms with E-state index in [9.17, 15) is 4.79 Å². The molecule has 1 aromatic carbocycles. The van der Waals surface area contributed by atoms with E-state index in [1.165, 1.54) is 10.9 Å². The highest BCUT2D eigenvalue weighted by atomic mass is 16.1. The summed E-state index contributed by atoms with van der Waals surface area (Å²) in [6, 6.07) is 10.6. The number of nitriles is 1. The van der Waals surface area contributed by atoms with E-state index >= 15 is 0 Å². The molecule has 2 aromatic rings. The van der Waals surface area contributed by atoms with Crippen molar-refractivity contribution in [2.75, 3.05) is 0 Å². The molecular formula is C11H7N3O. The lowest BCUT2D eigenvalue weighted by atomic mass is 10.2. The summed E-state index contributed by atoms with van der Waals surface area (Å²) >= 11 is 0. The largest absolute Gasteiger partial charge is 0.298 e. The van der Waals surface area contributed by atoms with Crippen LogP contribution in [-0.4, -0.2) is 16.1 Å². The molecule has 0 atom stereocenters. The molecular weight excluding hydrogens is 190 g/mol. The molecule has 4 heteroatoms. The molecule has 0 radical (unpaired) electrons. The molecule has 0 unspecified atom stereocenters. The van der Waals surface area contributed by atoms with Crippen molar-refractivity contribution in [1.29, 1.82) is 5.26 Å². The highest BCUT2D eigenvalue weighted by Gasteiger charge is 2.07. The molecule has 72 valence electrons. The number of aromatic nitrogens is 2. The number of hydrogen-bond donors (Lipinski definition) is 0. The van der Waals surface area contributed by atoms with E-state index in [1.54, 1.807) is 30.3 Å². The quantitative estimate of drug-likeness (QED) is 0.686. The van der Waals surface area contributed by atoms with Gasteiger partial charge in [0.25, 0.3) is 0 Å². The van der Waals surface area contributed by atoms with Gasteiger partial charge in [-0.1, -0.05) is 12.1 Å². The van der Waals surface area contributed by atoms with Crippen LogP contribution < -0.4 is 0 Å². The zero-order valence-corrected chi connectivity index (χ0v) is 7.79. The normalized spacial score (nSPS) is 9.53. The molecule has 4 nitrogen and oxygen atoms in total. The minimum atomic E-state index is 0.407. The average Bonchev–Trinajstić information content (AvgIpc) is 2.76. The molecule has 1 aromatic heterocycles. The van der Waals surface area contributed by atoms with E-state index in [4.69, 9.17) is 5.26 Å². The van der Waals surface area contributed by atoms with E-state index in [2.05, 4.69) is 5.10 Å². The molecule has 0 bridgehead atoms. The topological polar surface area (TPSA) is 58.7 Å². The maximum absolute atomic E-state index is 10.8. The van der Waals surface area contributed by atoms with Crippen LogP contribution in [0, 0.1) is 11.3 Å². The Morgan fingerprint density at radius 2 is 2.13 bits per heavy atom. The number of rotatable bonds is 2. The van der Waals surface area contributed by atoms with Gasteiger partial charge in [-0.3, -0.25) is 4.79 Å².